The second-order valence-corrected chi connectivity index (χ2v) is 7.82. The van der Waals surface area contributed by atoms with Crippen LogP contribution in [0.2, 0.25) is 0 Å². The maximum absolute atomic E-state index is 13.1. The van der Waals surface area contributed by atoms with Crippen LogP contribution >= 0.6 is 0 Å². The Morgan fingerprint density at radius 1 is 0.923 bits per heavy atom. The molecule has 26 heavy (non-hydrogen) atoms. The average molecular weight is 351 g/mol. The van der Waals surface area contributed by atoms with Gasteiger partial charge in [0.2, 0.25) is 0 Å². The van der Waals surface area contributed by atoms with Crippen molar-refractivity contribution in [3.05, 3.63) is 66.0 Å². The highest BCUT2D eigenvalue weighted by atomic mass is 19.1. The van der Waals surface area contributed by atoms with Gasteiger partial charge in [0.15, 0.2) is 0 Å². The molecule has 0 N–H and O–H groups in total. The van der Waals surface area contributed by atoms with Crippen molar-refractivity contribution in [2.45, 2.75) is 58.8 Å². The van der Waals surface area contributed by atoms with Crippen molar-refractivity contribution in [2.24, 2.45) is 11.8 Å². The van der Waals surface area contributed by atoms with Crippen molar-refractivity contribution in [3.63, 3.8) is 0 Å². The largest absolute Gasteiger partial charge is 0.207 e. The van der Waals surface area contributed by atoms with Crippen molar-refractivity contribution < 1.29 is 4.39 Å². The van der Waals surface area contributed by atoms with Crippen LogP contribution in [0.25, 0.3) is 16.7 Å². The number of allylic oxidation sites excluding steroid dienone is 2. The normalized spacial score (nSPS) is 18.4. The third-order valence-electron chi connectivity index (χ3n) is 5.95. The smallest absolute Gasteiger partial charge is 0.123 e. The summed E-state index contributed by atoms with van der Waals surface area (Å²) in [5.74, 6) is 1.52. The minimum Gasteiger partial charge on any atom is -0.207 e. The lowest BCUT2D eigenvalue weighted by Gasteiger charge is -2.27. The highest BCUT2D eigenvalue weighted by Crippen LogP contribution is 2.36. The maximum atomic E-state index is 13.1. The van der Waals surface area contributed by atoms with Crippen molar-refractivity contribution in [3.8, 4) is 11.1 Å². The summed E-state index contributed by atoms with van der Waals surface area (Å²) in [5.41, 5.74) is 5.05. The van der Waals surface area contributed by atoms with E-state index in [1.165, 1.54) is 68.2 Å². The fourth-order valence-corrected chi connectivity index (χ4v) is 4.10. The van der Waals surface area contributed by atoms with E-state index in [1.807, 2.05) is 12.1 Å². The molecular weight excluding hydrogens is 319 g/mol. The Morgan fingerprint density at radius 2 is 1.54 bits per heavy atom. The second kappa shape index (κ2) is 9.16. The van der Waals surface area contributed by atoms with Crippen LogP contribution in [0.15, 0.2) is 54.6 Å². The molecule has 0 heterocycles. The number of benzene rings is 2. The van der Waals surface area contributed by atoms with E-state index in [0.29, 0.717) is 0 Å². The molecule has 0 radical (unpaired) electrons. The van der Waals surface area contributed by atoms with Crippen molar-refractivity contribution in [1.29, 1.82) is 0 Å². The molecule has 0 nitrogen and oxygen atoms in total. The van der Waals surface area contributed by atoms with E-state index in [0.717, 1.165) is 23.0 Å². The van der Waals surface area contributed by atoms with E-state index in [-0.39, 0.29) is 5.82 Å². The average Bonchev–Trinajstić information content (AvgIpc) is 2.69. The Kier molecular flexibility index (Phi) is 6.66. The van der Waals surface area contributed by atoms with Gasteiger partial charge in [0.25, 0.3) is 0 Å². The lowest BCUT2D eigenvalue weighted by Crippen LogP contribution is -2.14. The fourth-order valence-electron chi connectivity index (χ4n) is 4.10. The highest BCUT2D eigenvalue weighted by Gasteiger charge is 2.20. The number of hydrogen-bond donors (Lipinski definition) is 0. The summed E-state index contributed by atoms with van der Waals surface area (Å²) >= 11 is 0. The topological polar surface area (TPSA) is 0 Å². The van der Waals surface area contributed by atoms with Gasteiger partial charge in [0, 0.05) is 0 Å². The van der Waals surface area contributed by atoms with Gasteiger partial charge < -0.3 is 0 Å². The molecule has 0 fully saturated rings. The second-order valence-electron chi connectivity index (χ2n) is 7.82. The molecule has 2 atom stereocenters. The Balaban J connectivity index is 1.60. The van der Waals surface area contributed by atoms with Crippen LogP contribution in [-0.4, -0.2) is 0 Å². The maximum Gasteiger partial charge on any atom is 0.123 e. The third kappa shape index (κ3) is 4.84. The van der Waals surface area contributed by atoms with Crippen LogP contribution in [0.3, 0.4) is 0 Å². The van der Waals surface area contributed by atoms with E-state index in [9.17, 15) is 4.39 Å². The predicted molar refractivity (Wildman–Crippen MR) is 110 cm³/mol. The lowest BCUT2D eigenvalue weighted by molar-refractivity contribution is 0.308. The molecule has 0 amide bonds. The number of hydrogen-bond acceptors (Lipinski definition) is 0. The molecule has 2 aromatic carbocycles. The van der Waals surface area contributed by atoms with Gasteiger partial charge in [-0.05, 0) is 65.5 Å². The van der Waals surface area contributed by atoms with Gasteiger partial charge in [-0.15, -0.1) is 0 Å². The van der Waals surface area contributed by atoms with Crippen molar-refractivity contribution in [2.75, 3.05) is 0 Å². The number of unbranched alkanes of at least 4 members (excludes halogenated alkanes) is 2. The summed E-state index contributed by atoms with van der Waals surface area (Å²) in [6, 6.07) is 15.5. The predicted octanol–water partition coefficient (Wildman–Crippen LogP) is 7.89. The molecule has 1 aliphatic rings. The molecule has 2 aromatic rings. The first-order valence-corrected chi connectivity index (χ1v) is 10.2. The Morgan fingerprint density at radius 3 is 2.12 bits per heavy atom. The molecule has 0 saturated carbocycles. The van der Waals surface area contributed by atoms with Gasteiger partial charge >= 0.3 is 0 Å². The van der Waals surface area contributed by atoms with Crippen LogP contribution in [0.1, 0.15) is 64.4 Å². The summed E-state index contributed by atoms with van der Waals surface area (Å²) in [6.07, 6.45) is 11.7. The Labute approximate surface area is 158 Å². The van der Waals surface area contributed by atoms with Crippen LogP contribution in [-0.2, 0) is 0 Å². The van der Waals surface area contributed by atoms with E-state index in [1.54, 1.807) is 0 Å². The molecule has 0 aromatic heterocycles. The minimum absolute atomic E-state index is 0.184. The Hall–Kier alpha value is -1.89. The molecule has 0 bridgehead atoms. The van der Waals surface area contributed by atoms with Gasteiger partial charge in [-0.3, -0.25) is 0 Å². The summed E-state index contributed by atoms with van der Waals surface area (Å²) in [7, 11) is 0. The molecule has 1 aliphatic carbocycles. The van der Waals surface area contributed by atoms with Crippen molar-refractivity contribution >= 4 is 5.57 Å². The Bertz CT molecular complexity index is 709. The highest BCUT2D eigenvalue weighted by molar-refractivity contribution is 5.70. The third-order valence-corrected chi connectivity index (χ3v) is 5.95. The molecule has 0 spiro atoms. The summed E-state index contributed by atoms with van der Waals surface area (Å²) in [5, 5.41) is 0. The van der Waals surface area contributed by atoms with E-state index >= 15 is 0 Å². The fraction of sp³-hybridized carbons (Fsp3) is 0.440. The van der Waals surface area contributed by atoms with E-state index in [4.69, 9.17) is 0 Å². The monoisotopic (exact) mass is 350 g/mol. The molecule has 2 unspecified atom stereocenters. The zero-order valence-corrected chi connectivity index (χ0v) is 16.2. The lowest BCUT2D eigenvalue weighted by atomic mass is 9.78. The van der Waals surface area contributed by atoms with Gasteiger partial charge in [-0.25, -0.2) is 4.39 Å². The van der Waals surface area contributed by atoms with Crippen LogP contribution in [0.5, 0.6) is 0 Å². The number of rotatable bonds is 7. The first-order chi connectivity index (χ1) is 12.7. The van der Waals surface area contributed by atoms with Crippen LogP contribution < -0.4 is 0 Å². The van der Waals surface area contributed by atoms with E-state index < -0.39 is 0 Å². The van der Waals surface area contributed by atoms with Crippen molar-refractivity contribution in [1.82, 2.24) is 0 Å². The summed E-state index contributed by atoms with van der Waals surface area (Å²) in [6.45, 7) is 4.72. The first-order valence-electron chi connectivity index (χ1n) is 10.2. The molecular formula is C25H31F. The molecule has 1 heteroatoms. The van der Waals surface area contributed by atoms with Gasteiger partial charge in [-0.1, -0.05) is 82.0 Å². The SMILES string of the molecule is CCCCCC(C)C1CC=C(c2ccc(-c3ccc(F)cc3)cc2)CC1. The van der Waals surface area contributed by atoms with E-state index in [2.05, 4.69) is 44.2 Å². The number of halogens is 1. The molecule has 138 valence electrons. The van der Waals surface area contributed by atoms with Gasteiger partial charge in [0.05, 0.1) is 0 Å². The first kappa shape index (κ1) is 18.9. The molecule has 0 saturated heterocycles. The van der Waals surface area contributed by atoms with Crippen LogP contribution in [0, 0.1) is 17.7 Å². The minimum atomic E-state index is -0.184. The molecule has 0 aliphatic heterocycles. The quantitative estimate of drug-likeness (QED) is 0.445. The zero-order chi connectivity index (χ0) is 18.4. The molecule has 3 rings (SSSR count). The summed E-state index contributed by atoms with van der Waals surface area (Å²) < 4.78 is 13.1. The van der Waals surface area contributed by atoms with Gasteiger partial charge in [-0.2, -0.15) is 0 Å². The van der Waals surface area contributed by atoms with Crippen LogP contribution in [0.4, 0.5) is 4.39 Å². The summed E-state index contributed by atoms with van der Waals surface area (Å²) in [4.78, 5) is 0. The standard InChI is InChI=1S/C25H31F/c1-3-4-5-6-19(2)20-7-9-21(10-8-20)22-11-13-23(14-12-22)24-15-17-25(26)18-16-24/h9,11-20H,3-8,10H2,1-2H3. The zero-order valence-electron chi connectivity index (χ0n) is 16.2. The van der Waals surface area contributed by atoms with Gasteiger partial charge in [0.1, 0.15) is 5.82 Å².